The molecule has 0 spiro atoms. The maximum absolute atomic E-state index is 11.9. The molecule has 23 heavy (non-hydrogen) atoms. The van der Waals surface area contributed by atoms with E-state index in [4.69, 9.17) is 0 Å². The molecule has 0 aliphatic heterocycles. The smallest absolute Gasteiger partial charge is 0.258 e. The van der Waals surface area contributed by atoms with E-state index >= 15 is 0 Å². The summed E-state index contributed by atoms with van der Waals surface area (Å²) in [6, 6.07) is 14.0. The van der Waals surface area contributed by atoms with Gasteiger partial charge in [0.15, 0.2) is 0 Å². The Bertz CT molecular complexity index is 1020. The van der Waals surface area contributed by atoms with Gasteiger partial charge in [0.25, 0.3) is 5.56 Å². The predicted octanol–water partition coefficient (Wildman–Crippen LogP) is 2.70. The molecule has 0 radical (unpaired) electrons. The molecule has 0 saturated heterocycles. The summed E-state index contributed by atoms with van der Waals surface area (Å²) < 4.78 is 1.99. The molecule has 4 aromatic rings. The van der Waals surface area contributed by atoms with Crippen molar-refractivity contribution >= 4 is 10.9 Å². The molecular formula is C18H14N4O. The van der Waals surface area contributed by atoms with Gasteiger partial charge in [-0.2, -0.15) is 0 Å². The molecule has 2 aromatic heterocycles. The number of fused-ring (bicyclic) bond motifs is 1. The van der Waals surface area contributed by atoms with Gasteiger partial charge in [0.05, 0.1) is 23.6 Å². The van der Waals surface area contributed by atoms with Crippen LogP contribution < -0.4 is 5.56 Å². The lowest BCUT2D eigenvalue weighted by Gasteiger charge is -2.10. The fourth-order valence-corrected chi connectivity index (χ4v) is 2.76. The van der Waals surface area contributed by atoms with Crippen molar-refractivity contribution in [3.05, 3.63) is 89.0 Å². The fraction of sp³-hybridized carbons (Fsp3) is 0.0556. The Morgan fingerprint density at radius 3 is 2.91 bits per heavy atom. The van der Waals surface area contributed by atoms with E-state index in [2.05, 4.69) is 27.1 Å². The van der Waals surface area contributed by atoms with Crippen LogP contribution in [-0.4, -0.2) is 19.5 Å². The summed E-state index contributed by atoms with van der Waals surface area (Å²) in [6.45, 7) is 0. The number of benzene rings is 2. The minimum Gasteiger partial charge on any atom is -0.313 e. The summed E-state index contributed by atoms with van der Waals surface area (Å²) >= 11 is 0. The lowest BCUT2D eigenvalue weighted by molar-refractivity contribution is 1.02. The van der Waals surface area contributed by atoms with Crippen LogP contribution in [0.5, 0.6) is 0 Å². The minimum atomic E-state index is -0.111. The average Bonchev–Trinajstić information content (AvgIpc) is 3.10. The highest BCUT2D eigenvalue weighted by Gasteiger charge is 2.07. The zero-order valence-corrected chi connectivity index (χ0v) is 12.3. The number of H-pyrrole nitrogens is 1. The lowest BCUT2D eigenvalue weighted by atomic mass is 10.0. The molecule has 4 rings (SSSR count). The number of aromatic amines is 1. The van der Waals surface area contributed by atoms with Crippen molar-refractivity contribution in [3.63, 3.8) is 0 Å². The van der Waals surface area contributed by atoms with Crippen molar-refractivity contribution < 1.29 is 0 Å². The molecule has 0 aliphatic rings. The summed E-state index contributed by atoms with van der Waals surface area (Å²) in [5, 5.41) is 0.616. The topological polar surface area (TPSA) is 63.6 Å². The van der Waals surface area contributed by atoms with Crippen molar-refractivity contribution in [2.45, 2.75) is 6.42 Å². The lowest BCUT2D eigenvalue weighted by Crippen LogP contribution is -2.06. The van der Waals surface area contributed by atoms with Crippen LogP contribution in [-0.2, 0) is 6.42 Å². The highest BCUT2D eigenvalue weighted by Crippen LogP contribution is 2.19. The van der Waals surface area contributed by atoms with E-state index in [1.54, 1.807) is 12.5 Å². The highest BCUT2D eigenvalue weighted by molar-refractivity contribution is 5.78. The van der Waals surface area contributed by atoms with Crippen LogP contribution in [0.1, 0.15) is 11.1 Å². The second-order valence-electron chi connectivity index (χ2n) is 5.36. The van der Waals surface area contributed by atoms with Crippen LogP contribution in [0.4, 0.5) is 0 Å². The van der Waals surface area contributed by atoms with Gasteiger partial charge < -0.3 is 9.55 Å². The van der Waals surface area contributed by atoms with Gasteiger partial charge in [0.1, 0.15) is 0 Å². The standard InChI is InChI=1S/C18H14N4O/c23-18-15-10-13(5-6-16(15)20-11-21-18)9-14-3-1-2-4-17(14)22-8-7-19-12-22/h1-8,10-12H,9H2,(H,20,21,23). The van der Waals surface area contributed by atoms with Gasteiger partial charge in [-0.05, 0) is 35.7 Å². The molecule has 0 aliphatic carbocycles. The normalized spacial score (nSPS) is 11.0. The molecule has 0 saturated carbocycles. The molecule has 5 heteroatoms. The van der Waals surface area contributed by atoms with Crippen LogP contribution >= 0.6 is 0 Å². The van der Waals surface area contributed by atoms with Gasteiger partial charge in [0.2, 0.25) is 0 Å². The molecule has 0 amide bonds. The van der Waals surface area contributed by atoms with Crippen LogP contribution in [0.25, 0.3) is 16.6 Å². The van der Waals surface area contributed by atoms with E-state index in [0.717, 1.165) is 17.7 Å². The molecule has 112 valence electrons. The molecule has 1 N–H and O–H groups in total. The Morgan fingerprint density at radius 2 is 2.04 bits per heavy atom. The van der Waals surface area contributed by atoms with Gasteiger partial charge in [-0.3, -0.25) is 4.79 Å². The SMILES string of the molecule is O=c1[nH]cnc2ccc(Cc3ccccc3-n3ccnc3)cc12. The Labute approximate surface area is 132 Å². The molecule has 2 heterocycles. The first-order chi connectivity index (χ1) is 11.3. The van der Waals surface area contributed by atoms with Gasteiger partial charge in [0, 0.05) is 18.1 Å². The summed E-state index contributed by atoms with van der Waals surface area (Å²) in [7, 11) is 0. The highest BCUT2D eigenvalue weighted by atomic mass is 16.1. The molecule has 0 fully saturated rings. The van der Waals surface area contributed by atoms with E-state index in [9.17, 15) is 4.79 Å². The number of nitrogens with zero attached hydrogens (tertiary/aromatic N) is 3. The van der Waals surface area contributed by atoms with Crippen LogP contribution in [0, 0.1) is 0 Å². The quantitative estimate of drug-likeness (QED) is 0.633. The second-order valence-corrected chi connectivity index (χ2v) is 5.36. The van der Waals surface area contributed by atoms with E-state index in [-0.39, 0.29) is 5.56 Å². The number of nitrogens with one attached hydrogen (secondary N) is 1. The number of hydrogen-bond donors (Lipinski definition) is 1. The Hall–Kier alpha value is -3.21. The first-order valence-corrected chi connectivity index (χ1v) is 7.34. The van der Waals surface area contributed by atoms with E-state index < -0.39 is 0 Å². The third kappa shape index (κ3) is 2.53. The average molecular weight is 302 g/mol. The van der Waals surface area contributed by atoms with Crippen molar-refractivity contribution in [1.29, 1.82) is 0 Å². The predicted molar refractivity (Wildman–Crippen MR) is 88.7 cm³/mol. The maximum Gasteiger partial charge on any atom is 0.258 e. The molecule has 0 unspecified atom stereocenters. The zero-order valence-electron chi connectivity index (χ0n) is 12.3. The monoisotopic (exact) mass is 302 g/mol. The molecule has 5 nitrogen and oxygen atoms in total. The van der Waals surface area contributed by atoms with Gasteiger partial charge in [-0.25, -0.2) is 9.97 Å². The number of hydrogen-bond acceptors (Lipinski definition) is 3. The Kier molecular flexibility index (Phi) is 3.24. The first kappa shape index (κ1) is 13.5. The summed E-state index contributed by atoms with van der Waals surface area (Å²) in [5.74, 6) is 0. The Balaban J connectivity index is 1.77. The number of aromatic nitrogens is 4. The van der Waals surface area contributed by atoms with E-state index in [1.807, 2.05) is 41.1 Å². The summed E-state index contributed by atoms with van der Waals surface area (Å²) in [4.78, 5) is 22.8. The molecule has 0 bridgehead atoms. The fourth-order valence-electron chi connectivity index (χ4n) is 2.76. The zero-order chi connectivity index (χ0) is 15.6. The van der Waals surface area contributed by atoms with Crippen molar-refractivity contribution in [2.24, 2.45) is 0 Å². The van der Waals surface area contributed by atoms with Crippen LogP contribution in [0.3, 0.4) is 0 Å². The molecule has 0 atom stereocenters. The van der Waals surface area contributed by atoms with Crippen LogP contribution in [0.15, 0.2) is 72.3 Å². The molecular weight excluding hydrogens is 288 g/mol. The van der Waals surface area contributed by atoms with E-state index in [1.165, 1.54) is 11.9 Å². The van der Waals surface area contributed by atoms with Crippen molar-refractivity contribution in [1.82, 2.24) is 19.5 Å². The van der Waals surface area contributed by atoms with Crippen molar-refractivity contribution in [2.75, 3.05) is 0 Å². The third-order valence-electron chi connectivity index (χ3n) is 3.87. The maximum atomic E-state index is 11.9. The number of para-hydroxylation sites is 1. The summed E-state index contributed by atoms with van der Waals surface area (Å²) in [5.41, 5.74) is 3.93. The third-order valence-corrected chi connectivity index (χ3v) is 3.87. The van der Waals surface area contributed by atoms with E-state index in [0.29, 0.717) is 10.9 Å². The summed E-state index contributed by atoms with van der Waals surface area (Å²) in [6.07, 6.45) is 7.64. The van der Waals surface area contributed by atoms with Crippen LogP contribution in [0.2, 0.25) is 0 Å². The largest absolute Gasteiger partial charge is 0.313 e. The van der Waals surface area contributed by atoms with Gasteiger partial charge in [-0.1, -0.05) is 24.3 Å². The first-order valence-electron chi connectivity index (χ1n) is 7.34. The minimum absolute atomic E-state index is 0.111. The van der Waals surface area contributed by atoms with Gasteiger partial charge >= 0.3 is 0 Å². The number of imidazole rings is 1. The Morgan fingerprint density at radius 1 is 1.13 bits per heavy atom. The van der Waals surface area contributed by atoms with Gasteiger partial charge in [-0.15, -0.1) is 0 Å². The number of rotatable bonds is 3. The molecule has 2 aromatic carbocycles. The second kappa shape index (κ2) is 5.53. The van der Waals surface area contributed by atoms with Crippen molar-refractivity contribution in [3.8, 4) is 5.69 Å².